The van der Waals surface area contributed by atoms with Crippen molar-refractivity contribution in [3.63, 3.8) is 0 Å². The van der Waals surface area contributed by atoms with E-state index in [4.69, 9.17) is 0 Å². The Labute approximate surface area is 148 Å². The quantitative estimate of drug-likeness (QED) is 0.676. The molecule has 0 unspecified atom stereocenters. The molecule has 0 bridgehead atoms. The van der Waals surface area contributed by atoms with Crippen molar-refractivity contribution in [3.8, 4) is 0 Å². The first-order valence-electron chi connectivity index (χ1n) is 8.19. The number of imidazole rings is 1. The van der Waals surface area contributed by atoms with Crippen molar-refractivity contribution < 1.29 is 8.42 Å². The van der Waals surface area contributed by atoms with E-state index >= 15 is 0 Å². The SMILES string of the molecule is CCn1cnc2c(c1=O)CCN(S(=O)(=O)c1ccc3[nH]c(=O)[nH]c3c1)C2. The first-order chi connectivity index (χ1) is 12.4. The van der Waals surface area contributed by atoms with Crippen LogP contribution in [-0.4, -0.2) is 38.8 Å². The van der Waals surface area contributed by atoms with Gasteiger partial charge in [0.05, 0.1) is 34.5 Å². The van der Waals surface area contributed by atoms with Gasteiger partial charge in [0.1, 0.15) is 0 Å². The molecule has 0 spiro atoms. The number of aryl methyl sites for hydroxylation is 1. The third-order valence-corrected chi connectivity index (χ3v) is 6.46. The molecule has 3 heterocycles. The maximum absolute atomic E-state index is 13.0. The molecule has 2 N–H and O–H groups in total. The van der Waals surface area contributed by atoms with Gasteiger partial charge in [-0.3, -0.25) is 9.36 Å². The van der Waals surface area contributed by atoms with Gasteiger partial charge in [-0.25, -0.2) is 18.2 Å². The van der Waals surface area contributed by atoms with Crippen LogP contribution in [0.1, 0.15) is 18.2 Å². The van der Waals surface area contributed by atoms with Crippen LogP contribution in [0.3, 0.4) is 0 Å². The highest BCUT2D eigenvalue weighted by Gasteiger charge is 2.30. The summed E-state index contributed by atoms with van der Waals surface area (Å²) in [4.78, 5) is 33.2. The monoisotopic (exact) mass is 375 g/mol. The van der Waals surface area contributed by atoms with Crippen molar-refractivity contribution in [1.82, 2.24) is 23.8 Å². The van der Waals surface area contributed by atoms with Crippen molar-refractivity contribution in [3.05, 3.63) is 56.6 Å². The van der Waals surface area contributed by atoms with Gasteiger partial charge in [-0.15, -0.1) is 0 Å². The van der Waals surface area contributed by atoms with Gasteiger partial charge >= 0.3 is 5.69 Å². The molecule has 0 radical (unpaired) electrons. The Bertz CT molecular complexity index is 1220. The van der Waals surface area contributed by atoms with Crippen LogP contribution >= 0.6 is 0 Å². The number of H-pyrrole nitrogens is 2. The first-order valence-corrected chi connectivity index (χ1v) is 9.63. The Kier molecular flexibility index (Phi) is 3.81. The van der Waals surface area contributed by atoms with E-state index in [9.17, 15) is 18.0 Å². The fraction of sp³-hybridized carbons (Fsp3) is 0.312. The second kappa shape index (κ2) is 5.92. The second-order valence-corrected chi connectivity index (χ2v) is 8.07. The van der Waals surface area contributed by atoms with Gasteiger partial charge in [0.15, 0.2) is 0 Å². The lowest BCUT2D eigenvalue weighted by atomic mass is 10.1. The number of hydrogen-bond donors (Lipinski definition) is 2. The van der Waals surface area contributed by atoms with Crippen molar-refractivity contribution in [2.75, 3.05) is 6.54 Å². The fourth-order valence-electron chi connectivity index (χ4n) is 3.19. The van der Waals surface area contributed by atoms with Gasteiger partial charge in [0.25, 0.3) is 5.56 Å². The summed E-state index contributed by atoms with van der Waals surface area (Å²) >= 11 is 0. The summed E-state index contributed by atoms with van der Waals surface area (Å²) in [7, 11) is -3.77. The summed E-state index contributed by atoms with van der Waals surface area (Å²) in [5.41, 5.74) is 1.53. The number of rotatable bonds is 3. The number of aromatic amines is 2. The zero-order valence-corrected chi connectivity index (χ0v) is 14.8. The largest absolute Gasteiger partial charge is 0.323 e. The lowest BCUT2D eigenvalue weighted by Gasteiger charge is -2.27. The van der Waals surface area contributed by atoms with Crippen molar-refractivity contribution in [2.45, 2.75) is 31.3 Å². The van der Waals surface area contributed by atoms with E-state index in [1.807, 2.05) is 6.92 Å². The molecule has 0 atom stereocenters. The summed E-state index contributed by atoms with van der Waals surface area (Å²) in [6, 6.07) is 4.44. The highest BCUT2D eigenvalue weighted by Crippen LogP contribution is 2.24. The van der Waals surface area contributed by atoms with E-state index in [2.05, 4.69) is 15.0 Å². The number of fused-ring (bicyclic) bond motifs is 2. The van der Waals surface area contributed by atoms with Gasteiger partial charge < -0.3 is 9.97 Å². The third kappa shape index (κ3) is 2.58. The number of hydrogen-bond acceptors (Lipinski definition) is 5. The minimum atomic E-state index is -3.77. The van der Waals surface area contributed by atoms with Crippen LogP contribution in [0.4, 0.5) is 0 Å². The Morgan fingerprint density at radius 2 is 1.96 bits per heavy atom. The summed E-state index contributed by atoms with van der Waals surface area (Å²) in [5.74, 6) is 0. The topological polar surface area (TPSA) is 121 Å². The van der Waals surface area contributed by atoms with Crippen LogP contribution in [0.2, 0.25) is 0 Å². The number of nitrogens with zero attached hydrogens (tertiary/aromatic N) is 3. The Morgan fingerprint density at radius 3 is 2.73 bits per heavy atom. The highest BCUT2D eigenvalue weighted by molar-refractivity contribution is 7.89. The summed E-state index contributed by atoms with van der Waals surface area (Å²) in [5, 5.41) is 0. The number of aromatic nitrogens is 4. The highest BCUT2D eigenvalue weighted by atomic mass is 32.2. The number of nitrogens with one attached hydrogen (secondary N) is 2. The standard InChI is InChI=1S/C16H17N5O4S/c1-2-20-9-17-14-8-21(6-5-11(14)15(20)22)26(24,25)10-3-4-12-13(7-10)19-16(23)18-12/h3-4,7,9H,2,5-6,8H2,1H3,(H2,18,19,23). The molecule has 4 rings (SSSR count). The Balaban J connectivity index is 1.71. The molecule has 0 amide bonds. The molecule has 1 aromatic carbocycles. The molecule has 0 saturated heterocycles. The molecular formula is C16H17N5O4S. The van der Waals surface area contributed by atoms with Gasteiger partial charge in [0, 0.05) is 18.7 Å². The molecule has 10 heteroatoms. The normalized spacial score (nSPS) is 15.3. The van der Waals surface area contributed by atoms with Crippen LogP contribution in [0.5, 0.6) is 0 Å². The van der Waals surface area contributed by atoms with Crippen molar-refractivity contribution in [2.24, 2.45) is 0 Å². The Hall–Kier alpha value is -2.72. The van der Waals surface area contributed by atoms with Crippen LogP contribution in [0.25, 0.3) is 11.0 Å². The minimum Gasteiger partial charge on any atom is -0.306 e. The molecule has 1 aliphatic rings. The molecule has 0 fully saturated rings. The van der Waals surface area contributed by atoms with Gasteiger partial charge in [-0.05, 0) is 31.5 Å². The summed E-state index contributed by atoms with van der Waals surface area (Å²) in [6.07, 6.45) is 1.78. The maximum Gasteiger partial charge on any atom is 0.323 e. The molecule has 1 aliphatic heterocycles. The van der Waals surface area contributed by atoms with Crippen molar-refractivity contribution in [1.29, 1.82) is 0 Å². The lowest BCUT2D eigenvalue weighted by Crippen LogP contribution is -2.40. The van der Waals surface area contributed by atoms with E-state index in [-0.39, 0.29) is 23.5 Å². The van der Waals surface area contributed by atoms with Crippen molar-refractivity contribution >= 4 is 21.1 Å². The minimum absolute atomic E-state index is 0.0547. The van der Waals surface area contributed by atoms with E-state index in [0.717, 1.165) is 0 Å². The maximum atomic E-state index is 13.0. The average Bonchev–Trinajstić information content (AvgIpc) is 3.01. The molecule has 136 valence electrons. The molecule has 26 heavy (non-hydrogen) atoms. The van der Waals surface area contributed by atoms with Gasteiger partial charge in [-0.1, -0.05) is 0 Å². The predicted octanol–water partition coefficient (Wildman–Crippen LogP) is 0.180. The third-order valence-electron chi connectivity index (χ3n) is 4.62. The lowest BCUT2D eigenvalue weighted by molar-refractivity contribution is 0.381. The van der Waals surface area contributed by atoms with Gasteiger partial charge in [0.2, 0.25) is 10.0 Å². The van der Waals surface area contributed by atoms with E-state index in [1.54, 1.807) is 6.07 Å². The average molecular weight is 375 g/mol. The molecule has 9 nitrogen and oxygen atoms in total. The van der Waals surface area contributed by atoms with E-state index in [1.165, 1.54) is 27.3 Å². The predicted molar refractivity (Wildman–Crippen MR) is 94.4 cm³/mol. The van der Waals surface area contributed by atoms with Crippen LogP contribution < -0.4 is 11.2 Å². The fourth-order valence-corrected chi connectivity index (χ4v) is 4.62. The van der Waals surface area contributed by atoms with E-state index < -0.39 is 15.7 Å². The zero-order chi connectivity index (χ0) is 18.5. The van der Waals surface area contributed by atoms with Crippen LogP contribution in [-0.2, 0) is 29.5 Å². The second-order valence-electron chi connectivity index (χ2n) is 6.14. The van der Waals surface area contributed by atoms with Crippen LogP contribution in [0.15, 0.2) is 39.0 Å². The molecule has 2 aromatic heterocycles. The van der Waals surface area contributed by atoms with Crippen LogP contribution in [0, 0.1) is 0 Å². The molecule has 0 aliphatic carbocycles. The zero-order valence-electron chi connectivity index (χ0n) is 14.0. The van der Waals surface area contributed by atoms with Gasteiger partial charge in [-0.2, -0.15) is 4.31 Å². The Morgan fingerprint density at radius 1 is 1.19 bits per heavy atom. The smallest absolute Gasteiger partial charge is 0.306 e. The summed E-state index contributed by atoms with van der Waals surface area (Å²) < 4.78 is 28.8. The molecule has 0 saturated carbocycles. The first kappa shape index (κ1) is 16.7. The summed E-state index contributed by atoms with van der Waals surface area (Å²) in [6.45, 7) is 2.65. The molecular weight excluding hydrogens is 358 g/mol. The van der Waals surface area contributed by atoms with E-state index in [0.29, 0.717) is 35.3 Å². The number of benzene rings is 1. The number of sulfonamides is 1. The molecule has 3 aromatic rings.